The summed E-state index contributed by atoms with van der Waals surface area (Å²) in [4.78, 5) is 39.2. The van der Waals surface area contributed by atoms with E-state index in [-0.39, 0.29) is 54.2 Å². The van der Waals surface area contributed by atoms with E-state index in [9.17, 15) is 29.7 Å². The van der Waals surface area contributed by atoms with Gasteiger partial charge >= 0.3 is 5.97 Å². The summed E-state index contributed by atoms with van der Waals surface area (Å²) in [5, 5.41) is 42.1. The second-order valence-corrected chi connectivity index (χ2v) is 13.7. The normalized spacial score (nSPS) is 43.1. The fourth-order valence-corrected chi connectivity index (χ4v) is 9.07. The predicted octanol–water partition coefficient (Wildman–Crippen LogP) is 3.84. The van der Waals surface area contributed by atoms with Gasteiger partial charge in [0, 0.05) is 24.0 Å². The van der Waals surface area contributed by atoms with E-state index < -0.39 is 45.9 Å². The number of aliphatic carboxylic acids is 1. The number of carboxylic acid groups (broad SMARTS) is 1. The lowest BCUT2D eigenvalue weighted by molar-refractivity contribution is -0.142. The number of allylic oxidation sites excluding steroid dienone is 1. The third-order valence-corrected chi connectivity index (χ3v) is 11.4. The van der Waals surface area contributed by atoms with Gasteiger partial charge in [0.15, 0.2) is 5.78 Å². The monoisotopic (exact) mass is 516 g/mol. The first kappa shape index (κ1) is 28.2. The SMILES string of the molecule is C/C(=C\[C@@H](O)C[C@@H](C)[C@H]1CC(=O)[C@@]2(C)C3=C(C(=O)C[C@]12C)[C@@]1(C)CC[C@H](O)C(C)(C)C1C[C@@H]3O)C(=O)O. The Hall–Kier alpha value is -1.83. The Labute approximate surface area is 220 Å². The molecule has 4 aliphatic rings. The number of carboxylic acids is 1. The number of rotatable bonds is 5. The molecule has 0 aromatic rings. The van der Waals surface area contributed by atoms with E-state index in [4.69, 9.17) is 5.11 Å². The maximum absolute atomic E-state index is 14.1. The van der Waals surface area contributed by atoms with Gasteiger partial charge in [-0.3, -0.25) is 9.59 Å². The average Bonchev–Trinajstić information content (AvgIpc) is 2.99. The highest BCUT2D eigenvalue weighted by Crippen LogP contribution is 2.70. The first-order valence-electron chi connectivity index (χ1n) is 13.7. The quantitative estimate of drug-likeness (QED) is 0.408. The fraction of sp³-hybridized carbons (Fsp3) is 0.767. The number of aliphatic hydroxyl groups is 3. The van der Waals surface area contributed by atoms with E-state index in [1.807, 2.05) is 34.6 Å². The number of hydrogen-bond donors (Lipinski definition) is 4. The molecule has 0 heterocycles. The molecule has 0 radical (unpaired) electrons. The molecule has 206 valence electrons. The zero-order valence-electron chi connectivity index (χ0n) is 23.3. The van der Waals surface area contributed by atoms with Crippen LogP contribution in [0.4, 0.5) is 0 Å². The molecule has 9 atom stereocenters. The Morgan fingerprint density at radius 3 is 2.35 bits per heavy atom. The molecule has 0 aromatic carbocycles. The minimum absolute atomic E-state index is 0.0116. The molecule has 4 N–H and O–H groups in total. The summed E-state index contributed by atoms with van der Waals surface area (Å²) in [6, 6.07) is 0. The molecular formula is C30H44O7. The lowest BCUT2D eigenvalue weighted by atomic mass is 9.42. The number of fused-ring (bicyclic) bond motifs is 4. The molecule has 2 saturated carbocycles. The topological polar surface area (TPSA) is 132 Å². The first-order valence-corrected chi connectivity index (χ1v) is 13.7. The van der Waals surface area contributed by atoms with Crippen LogP contribution in [0.3, 0.4) is 0 Å². The van der Waals surface area contributed by atoms with Gasteiger partial charge in [-0.2, -0.15) is 0 Å². The van der Waals surface area contributed by atoms with Gasteiger partial charge in [-0.1, -0.05) is 34.6 Å². The number of carbonyl (C=O) groups is 3. The van der Waals surface area contributed by atoms with E-state index in [0.29, 0.717) is 30.4 Å². The summed E-state index contributed by atoms with van der Waals surface area (Å²) in [5.41, 5.74) is -1.42. The lowest BCUT2D eigenvalue weighted by Crippen LogP contribution is -2.60. The molecule has 7 heteroatoms. The Bertz CT molecular complexity index is 1090. The van der Waals surface area contributed by atoms with Crippen molar-refractivity contribution in [1.82, 2.24) is 0 Å². The molecule has 0 spiro atoms. The van der Waals surface area contributed by atoms with Crippen LogP contribution < -0.4 is 0 Å². The molecule has 0 saturated heterocycles. The van der Waals surface area contributed by atoms with Crippen molar-refractivity contribution in [3.05, 3.63) is 22.8 Å². The molecule has 37 heavy (non-hydrogen) atoms. The molecule has 0 aromatic heterocycles. The third kappa shape index (κ3) is 3.82. The van der Waals surface area contributed by atoms with E-state index in [1.165, 1.54) is 13.0 Å². The highest BCUT2D eigenvalue weighted by atomic mass is 16.4. The van der Waals surface area contributed by atoms with Gasteiger partial charge < -0.3 is 20.4 Å². The van der Waals surface area contributed by atoms with Crippen molar-refractivity contribution in [2.45, 2.75) is 105 Å². The number of ketones is 2. The standard InChI is InChI=1S/C30H44O7/c1-15(10-17(31)11-16(2)26(36)37)18-12-23(35)30(7)25-19(32)13-21-27(3,4)22(34)8-9-28(21,5)24(25)20(33)14-29(18,30)6/h11,15,17-19,21-22,31-32,34H,8-10,12-14H2,1-7H3,(H,36,37)/b16-11+/t15-,17+,18-,19+,21?,22+,28+,29-,30+/m1/s1. The van der Waals surface area contributed by atoms with Crippen LogP contribution >= 0.6 is 0 Å². The van der Waals surface area contributed by atoms with Crippen molar-refractivity contribution < 1.29 is 34.8 Å². The van der Waals surface area contributed by atoms with Crippen molar-refractivity contribution in [3.63, 3.8) is 0 Å². The molecular weight excluding hydrogens is 472 g/mol. The summed E-state index contributed by atoms with van der Waals surface area (Å²) < 4.78 is 0. The first-order chi connectivity index (χ1) is 16.9. The molecule has 0 aliphatic heterocycles. The van der Waals surface area contributed by atoms with E-state index in [0.717, 1.165) is 0 Å². The average molecular weight is 517 g/mol. The van der Waals surface area contributed by atoms with Crippen molar-refractivity contribution >= 4 is 17.5 Å². The van der Waals surface area contributed by atoms with Gasteiger partial charge in [-0.25, -0.2) is 4.79 Å². The van der Waals surface area contributed by atoms with Gasteiger partial charge in [0.25, 0.3) is 0 Å². The van der Waals surface area contributed by atoms with Crippen LogP contribution in [0, 0.1) is 39.4 Å². The predicted molar refractivity (Wildman–Crippen MR) is 138 cm³/mol. The number of aliphatic hydroxyl groups excluding tert-OH is 3. The lowest BCUT2D eigenvalue weighted by Gasteiger charge is -2.61. The molecule has 2 fully saturated rings. The van der Waals surface area contributed by atoms with Crippen molar-refractivity contribution in [2.75, 3.05) is 0 Å². The van der Waals surface area contributed by atoms with Gasteiger partial charge in [-0.05, 0) is 85.2 Å². The zero-order valence-corrected chi connectivity index (χ0v) is 23.3. The second-order valence-electron chi connectivity index (χ2n) is 13.7. The maximum atomic E-state index is 14.1. The van der Waals surface area contributed by atoms with Crippen LogP contribution in [0.25, 0.3) is 0 Å². The maximum Gasteiger partial charge on any atom is 0.331 e. The summed E-state index contributed by atoms with van der Waals surface area (Å²) >= 11 is 0. The minimum Gasteiger partial charge on any atom is -0.478 e. The highest BCUT2D eigenvalue weighted by molar-refractivity contribution is 6.05. The van der Waals surface area contributed by atoms with Gasteiger partial charge in [0.1, 0.15) is 5.78 Å². The molecule has 4 rings (SSSR count). The van der Waals surface area contributed by atoms with Crippen LogP contribution in [0.15, 0.2) is 22.8 Å². The molecule has 0 bridgehead atoms. The number of hydrogen-bond acceptors (Lipinski definition) is 6. The third-order valence-electron chi connectivity index (χ3n) is 11.4. The van der Waals surface area contributed by atoms with Crippen molar-refractivity contribution in [2.24, 2.45) is 39.4 Å². The van der Waals surface area contributed by atoms with Crippen LogP contribution in [0.5, 0.6) is 0 Å². The van der Waals surface area contributed by atoms with Crippen molar-refractivity contribution in [3.8, 4) is 0 Å². The Morgan fingerprint density at radius 2 is 1.76 bits per heavy atom. The summed E-state index contributed by atoms with van der Waals surface area (Å²) in [6.45, 7) is 13.4. The van der Waals surface area contributed by atoms with Crippen LogP contribution in [-0.2, 0) is 14.4 Å². The van der Waals surface area contributed by atoms with Crippen LogP contribution in [0.1, 0.15) is 87.0 Å². The van der Waals surface area contributed by atoms with Gasteiger partial charge in [-0.15, -0.1) is 0 Å². The second kappa shape index (κ2) is 8.85. The molecule has 4 aliphatic carbocycles. The highest BCUT2D eigenvalue weighted by Gasteiger charge is 2.70. The summed E-state index contributed by atoms with van der Waals surface area (Å²) in [5.74, 6) is -1.50. The van der Waals surface area contributed by atoms with Crippen molar-refractivity contribution in [1.29, 1.82) is 0 Å². The smallest absolute Gasteiger partial charge is 0.331 e. The van der Waals surface area contributed by atoms with E-state index in [1.54, 1.807) is 0 Å². The Morgan fingerprint density at radius 1 is 1.14 bits per heavy atom. The number of carbonyl (C=O) groups excluding carboxylic acids is 2. The fourth-order valence-electron chi connectivity index (χ4n) is 9.07. The molecule has 0 amide bonds. The summed E-state index contributed by atoms with van der Waals surface area (Å²) in [7, 11) is 0. The number of Topliss-reactive ketones (excluding diaryl/α,β-unsaturated/α-hetero) is 2. The zero-order chi connectivity index (χ0) is 27.9. The van der Waals surface area contributed by atoms with E-state index in [2.05, 4.69) is 6.92 Å². The largest absolute Gasteiger partial charge is 0.478 e. The van der Waals surface area contributed by atoms with Crippen LogP contribution in [-0.4, -0.2) is 56.3 Å². The summed E-state index contributed by atoms with van der Waals surface area (Å²) in [6.07, 6.45) is 1.26. The van der Waals surface area contributed by atoms with E-state index >= 15 is 0 Å². The van der Waals surface area contributed by atoms with Crippen LogP contribution in [0.2, 0.25) is 0 Å². The van der Waals surface area contributed by atoms with Gasteiger partial charge in [0.05, 0.1) is 23.7 Å². The Kier molecular flexibility index (Phi) is 6.74. The Balaban J connectivity index is 1.77. The molecule has 1 unspecified atom stereocenters. The van der Waals surface area contributed by atoms with Gasteiger partial charge in [0.2, 0.25) is 0 Å². The minimum atomic E-state index is -1.09. The molecule has 7 nitrogen and oxygen atoms in total.